The zero-order valence-corrected chi connectivity index (χ0v) is 19.7. The minimum absolute atomic E-state index is 0.294. The second-order valence-electron chi connectivity index (χ2n) is 8.79. The minimum atomic E-state index is -0.835. The maximum absolute atomic E-state index is 13.3. The Hall–Kier alpha value is -3.53. The van der Waals surface area contributed by atoms with E-state index in [0.29, 0.717) is 23.7 Å². The van der Waals surface area contributed by atoms with Gasteiger partial charge in [0.2, 0.25) is 5.91 Å². The number of imide groups is 1. The third kappa shape index (κ3) is 3.77. The number of aromatic nitrogens is 2. The second-order valence-corrected chi connectivity index (χ2v) is 9.65. The highest BCUT2D eigenvalue weighted by Gasteiger charge is 2.52. The molecule has 34 heavy (non-hydrogen) atoms. The molecule has 10 heteroatoms. The van der Waals surface area contributed by atoms with Gasteiger partial charge < -0.3 is 15.2 Å². The normalized spacial score (nSPS) is 17.0. The molecule has 1 saturated heterocycles. The Morgan fingerprint density at radius 1 is 1.21 bits per heavy atom. The number of benzene rings is 1. The SMILES string of the molecule is Cc1cc(-c2csc(NC(=O)CN3C(=O)NC4(CCCC4)C3=O)n2)c(C)n1-c1ccc(F)cc1. The van der Waals surface area contributed by atoms with Gasteiger partial charge in [0.05, 0.1) is 5.69 Å². The average Bonchev–Trinajstić information content (AvgIpc) is 3.56. The summed E-state index contributed by atoms with van der Waals surface area (Å²) in [6.07, 6.45) is 3.00. The Balaban J connectivity index is 1.30. The summed E-state index contributed by atoms with van der Waals surface area (Å²) >= 11 is 1.27. The number of thiazole rings is 1. The lowest BCUT2D eigenvalue weighted by Crippen LogP contribution is -2.44. The fourth-order valence-electron chi connectivity index (χ4n) is 4.90. The number of nitrogens with one attached hydrogen (secondary N) is 2. The monoisotopic (exact) mass is 481 g/mol. The fraction of sp³-hybridized carbons (Fsp3) is 0.333. The zero-order valence-electron chi connectivity index (χ0n) is 18.9. The molecule has 0 atom stereocenters. The van der Waals surface area contributed by atoms with E-state index in [1.165, 1.54) is 23.5 Å². The van der Waals surface area contributed by atoms with Crippen molar-refractivity contribution in [3.63, 3.8) is 0 Å². The number of aryl methyl sites for hydroxylation is 1. The summed E-state index contributed by atoms with van der Waals surface area (Å²) in [4.78, 5) is 43.2. The number of urea groups is 1. The predicted molar refractivity (Wildman–Crippen MR) is 126 cm³/mol. The number of rotatable bonds is 5. The maximum Gasteiger partial charge on any atom is 0.325 e. The summed E-state index contributed by atoms with van der Waals surface area (Å²) in [6, 6.07) is 7.76. The Bertz CT molecular complexity index is 1290. The molecule has 2 N–H and O–H groups in total. The first-order chi connectivity index (χ1) is 16.3. The number of halogens is 1. The van der Waals surface area contributed by atoms with Crippen LogP contribution < -0.4 is 10.6 Å². The number of carbonyl (C=O) groups is 3. The van der Waals surface area contributed by atoms with E-state index in [9.17, 15) is 18.8 Å². The molecule has 2 fully saturated rings. The van der Waals surface area contributed by atoms with Crippen LogP contribution in [0, 0.1) is 19.7 Å². The van der Waals surface area contributed by atoms with Gasteiger partial charge in [-0.3, -0.25) is 14.5 Å². The van der Waals surface area contributed by atoms with Gasteiger partial charge >= 0.3 is 6.03 Å². The van der Waals surface area contributed by atoms with Gasteiger partial charge in [0.15, 0.2) is 5.13 Å². The average molecular weight is 482 g/mol. The third-order valence-corrected chi connectivity index (χ3v) is 7.30. The van der Waals surface area contributed by atoms with Crippen LogP contribution in [0.5, 0.6) is 0 Å². The summed E-state index contributed by atoms with van der Waals surface area (Å²) in [6.45, 7) is 3.57. The number of anilines is 1. The van der Waals surface area contributed by atoms with Gasteiger partial charge in [-0.25, -0.2) is 14.2 Å². The molecular weight excluding hydrogens is 457 g/mol. The van der Waals surface area contributed by atoms with Crippen molar-refractivity contribution in [2.45, 2.75) is 45.1 Å². The summed E-state index contributed by atoms with van der Waals surface area (Å²) in [7, 11) is 0. The summed E-state index contributed by atoms with van der Waals surface area (Å²) in [5.41, 5.74) is 3.52. The number of carbonyl (C=O) groups excluding carboxylic acids is 3. The van der Waals surface area contributed by atoms with Gasteiger partial charge in [-0.2, -0.15) is 0 Å². The van der Waals surface area contributed by atoms with Crippen LogP contribution in [-0.2, 0) is 9.59 Å². The van der Waals surface area contributed by atoms with Crippen LogP contribution in [0.4, 0.5) is 14.3 Å². The molecule has 1 aliphatic carbocycles. The molecule has 0 radical (unpaired) electrons. The molecule has 1 aliphatic heterocycles. The van der Waals surface area contributed by atoms with E-state index in [0.717, 1.165) is 40.4 Å². The summed E-state index contributed by atoms with van der Waals surface area (Å²) < 4.78 is 15.3. The lowest BCUT2D eigenvalue weighted by atomic mass is 9.98. The molecule has 8 nitrogen and oxygen atoms in total. The number of hydrogen-bond donors (Lipinski definition) is 2. The van der Waals surface area contributed by atoms with E-state index >= 15 is 0 Å². The highest BCUT2D eigenvalue weighted by Crippen LogP contribution is 2.35. The van der Waals surface area contributed by atoms with Crippen LogP contribution in [0.25, 0.3) is 16.9 Å². The van der Waals surface area contributed by atoms with E-state index in [4.69, 9.17) is 0 Å². The van der Waals surface area contributed by atoms with Crippen molar-refractivity contribution in [1.29, 1.82) is 0 Å². The Kier molecular flexibility index (Phi) is 5.47. The molecule has 0 unspecified atom stereocenters. The van der Waals surface area contributed by atoms with Crippen LogP contribution >= 0.6 is 11.3 Å². The van der Waals surface area contributed by atoms with Crippen LogP contribution in [0.3, 0.4) is 0 Å². The summed E-state index contributed by atoms with van der Waals surface area (Å²) in [5, 5.41) is 7.70. The van der Waals surface area contributed by atoms with Crippen molar-refractivity contribution in [2.75, 3.05) is 11.9 Å². The van der Waals surface area contributed by atoms with Gasteiger partial charge in [0.1, 0.15) is 17.9 Å². The molecule has 1 spiro atoms. The highest BCUT2D eigenvalue weighted by molar-refractivity contribution is 7.14. The first-order valence-corrected chi connectivity index (χ1v) is 12.0. The van der Waals surface area contributed by atoms with Gasteiger partial charge in [0.25, 0.3) is 5.91 Å². The first kappa shape index (κ1) is 22.3. The van der Waals surface area contributed by atoms with Crippen molar-refractivity contribution in [2.24, 2.45) is 0 Å². The molecule has 5 rings (SSSR count). The van der Waals surface area contributed by atoms with Gasteiger partial charge in [0, 0.05) is 28.0 Å². The molecular formula is C24H24FN5O3S. The smallest absolute Gasteiger partial charge is 0.323 e. The highest BCUT2D eigenvalue weighted by atomic mass is 32.1. The van der Waals surface area contributed by atoms with Crippen molar-refractivity contribution in [3.8, 4) is 16.9 Å². The number of amides is 4. The molecule has 1 saturated carbocycles. The molecule has 2 aromatic heterocycles. The maximum atomic E-state index is 13.3. The second kappa shape index (κ2) is 8.35. The van der Waals surface area contributed by atoms with Crippen molar-refractivity contribution < 1.29 is 18.8 Å². The first-order valence-electron chi connectivity index (χ1n) is 11.1. The summed E-state index contributed by atoms with van der Waals surface area (Å²) in [5.74, 6) is -1.09. The fourth-order valence-corrected chi connectivity index (χ4v) is 5.63. The quantitative estimate of drug-likeness (QED) is 0.535. The zero-order chi connectivity index (χ0) is 24.0. The minimum Gasteiger partial charge on any atom is -0.323 e. The van der Waals surface area contributed by atoms with Gasteiger partial charge in [-0.05, 0) is 57.0 Å². The molecule has 3 aromatic rings. The predicted octanol–water partition coefficient (Wildman–Crippen LogP) is 4.16. The van der Waals surface area contributed by atoms with Crippen molar-refractivity contribution in [1.82, 2.24) is 19.8 Å². The molecule has 2 aliphatic rings. The van der Waals surface area contributed by atoms with Crippen molar-refractivity contribution in [3.05, 3.63) is 52.9 Å². The van der Waals surface area contributed by atoms with Crippen LogP contribution in [0.1, 0.15) is 37.1 Å². The molecule has 1 aromatic carbocycles. The topological polar surface area (TPSA) is 96.3 Å². The van der Waals surface area contributed by atoms with E-state index in [2.05, 4.69) is 15.6 Å². The largest absolute Gasteiger partial charge is 0.325 e. The molecule has 4 amide bonds. The number of hydrogen-bond acceptors (Lipinski definition) is 5. The molecule has 0 bridgehead atoms. The Morgan fingerprint density at radius 3 is 2.62 bits per heavy atom. The van der Waals surface area contributed by atoms with Crippen molar-refractivity contribution >= 4 is 34.3 Å². The Morgan fingerprint density at radius 2 is 1.91 bits per heavy atom. The van der Waals surface area contributed by atoms with E-state index in [-0.39, 0.29) is 18.3 Å². The molecule has 176 valence electrons. The van der Waals surface area contributed by atoms with Crippen LogP contribution in [0.15, 0.2) is 35.7 Å². The van der Waals surface area contributed by atoms with Crippen LogP contribution in [-0.4, -0.2) is 44.4 Å². The third-order valence-electron chi connectivity index (χ3n) is 6.55. The lowest BCUT2D eigenvalue weighted by Gasteiger charge is -2.19. The molecule has 3 heterocycles. The number of nitrogens with zero attached hydrogens (tertiary/aromatic N) is 3. The standard InChI is InChI=1S/C24H24FN5O3S/c1-14-11-18(15(2)30(14)17-7-5-16(25)6-8-17)19-13-34-22(26-19)27-20(31)12-29-21(32)24(28-23(29)33)9-3-4-10-24/h5-8,11,13H,3-4,9-10,12H2,1-2H3,(H,28,33)(H,26,27,31). The van der Waals surface area contributed by atoms with Gasteiger partial charge in [-0.1, -0.05) is 12.8 Å². The van der Waals surface area contributed by atoms with Gasteiger partial charge in [-0.15, -0.1) is 11.3 Å². The Labute approximate surface area is 199 Å². The lowest BCUT2D eigenvalue weighted by molar-refractivity contribution is -0.133. The van der Waals surface area contributed by atoms with E-state index < -0.39 is 17.5 Å². The van der Waals surface area contributed by atoms with Crippen LogP contribution in [0.2, 0.25) is 0 Å². The van der Waals surface area contributed by atoms with E-state index in [1.807, 2.05) is 29.9 Å². The van der Waals surface area contributed by atoms with E-state index in [1.54, 1.807) is 12.1 Å².